The summed E-state index contributed by atoms with van der Waals surface area (Å²) in [7, 11) is 2.05. The third-order valence-corrected chi connectivity index (χ3v) is 4.44. The molecule has 2 atom stereocenters. The summed E-state index contributed by atoms with van der Waals surface area (Å²) in [5.74, 6) is 1.14. The maximum atomic E-state index is 6.40. The molecule has 1 aromatic heterocycles. The van der Waals surface area contributed by atoms with Crippen LogP contribution in [0, 0.1) is 0 Å². The number of nitrogens with two attached hydrogens (primary N) is 1. The van der Waals surface area contributed by atoms with Crippen molar-refractivity contribution in [1.29, 1.82) is 0 Å². The maximum absolute atomic E-state index is 6.40. The molecule has 4 heterocycles. The van der Waals surface area contributed by atoms with Crippen LogP contribution >= 0.6 is 0 Å². The Labute approximate surface area is 109 Å². The van der Waals surface area contributed by atoms with E-state index in [0.717, 1.165) is 25.2 Å². The number of fused-ring (bicyclic) bond motifs is 3. The number of imidazole rings is 1. The molecule has 2 bridgehead atoms. The van der Waals surface area contributed by atoms with Crippen molar-refractivity contribution in [3.8, 4) is 0 Å². The van der Waals surface area contributed by atoms with Crippen LogP contribution in [-0.4, -0.2) is 64.2 Å². The smallest absolute Gasteiger partial charge is 0.108 e. The Morgan fingerprint density at radius 2 is 2.17 bits per heavy atom. The predicted octanol–water partition coefficient (Wildman–Crippen LogP) is -0.320. The van der Waals surface area contributed by atoms with Crippen molar-refractivity contribution in [2.24, 2.45) is 12.8 Å². The van der Waals surface area contributed by atoms with Gasteiger partial charge >= 0.3 is 0 Å². The van der Waals surface area contributed by atoms with Crippen LogP contribution in [0.1, 0.15) is 12.2 Å². The van der Waals surface area contributed by atoms with Gasteiger partial charge in [-0.3, -0.25) is 9.80 Å². The normalized spacial score (nSPS) is 32.7. The number of nitrogens with zero attached hydrogens (tertiary/aromatic N) is 4. The van der Waals surface area contributed by atoms with Gasteiger partial charge in [-0.2, -0.15) is 0 Å². The Morgan fingerprint density at radius 1 is 1.39 bits per heavy atom. The van der Waals surface area contributed by atoms with Gasteiger partial charge in [0.2, 0.25) is 0 Å². The van der Waals surface area contributed by atoms with Crippen molar-refractivity contribution in [3.63, 3.8) is 0 Å². The molecule has 0 aliphatic carbocycles. The van der Waals surface area contributed by atoms with Crippen molar-refractivity contribution < 1.29 is 0 Å². The summed E-state index contributed by atoms with van der Waals surface area (Å²) in [5.41, 5.74) is 6.40. The molecule has 0 spiro atoms. The van der Waals surface area contributed by atoms with Crippen molar-refractivity contribution in [1.82, 2.24) is 19.4 Å². The Kier molecular flexibility index (Phi) is 3.37. The van der Waals surface area contributed by atoms with Crippen LogP contribution in [0.15, 0.2) is 12.4 Å². The highest BCUT2D eigenvalue weighted by molar-refractivity contribution is 4.97. The van der Waals surface area contributed by atoms with Gasteiger partial charge in [-0.25, -0.2) is 4.98 Å². The zero-order valence-corrected chi connectivity index (χ0v) is 11.1. The first-order valence-corrected chi connectivity index (χ1v) is 6.92. The number of aromatic nitrogens is 2. The second-order valence-electron chi connectivity index (χ2n) is 5.56. The Hall–Kier alpha value is -0.910. The standard InChI is InChI=1S/C13H23N5/c1-16-5-4-15-13(16)3-2-11(14)12-10-17-6-8-18(12)9-7-17/h4-5,11-12H,2-3,6-10,14H2,1H3. The van der Waals surface area contributed by atoms with Crippen LogP contribution in [0.2, 0.25) is 0 Å². The molecule has 0 aromatic carbocycles. The third kappa shape index (κ3) is 2.30. The van der Waals surface area contributed by atoms with Crippen molar-refractivity contribution >= 4 is 0 Å². The molecule has 0 amide bonds. The van der Waals surface area contributed by atoms with E-state index < -0.39 is 0 Å². The molecule has 5 heteroatoms. The summed E-state index contributed by atoms with van der Waals surface area (Å²) in [6, 6.07) is 0.817. The van der Waals surface area contributed by atoms with Gasteiger partial charge in [-0.15, -0.1) is 0 Å². The van der Waals surface area contributed by atoms with Gasteiger partial charge < -0.3 is 10.3 Å². The average molecular weight is 249 g/mol. The molecular formula is C13H23N5. The van der Waals surface area contributed by atoms with Crippen LogP contribution < -0.4 is 5.73 Å². The molecular weight excluding hydrogens is 226 g/mol. The number of hydrogen-bond donors (Lipinski definition) is 1. The van der Waals surface area contributed by atoms with Crippen LogP contribution in [0.4, 0.5) is 0 Å². The molecule has 5 nitrogen and oxygen atoms in total. The first kappa shape index (κ1) is 12.1. The molecule has 1 aromatic rings. The van der Waals surface area contributed by atoms with E-state index in [-0.39, 0.29) is 6.04 Å². The molecule has 2 N–H and O–H groups in total. The van der Waals surface area contributed by atoms with E-state index in [2.05, 4.69) is 19.4 Å². The summed E-state index contributed by atoms with van der Waals surface area (Å²) in [5, 5.41) is 0. The number of rotatable bonds is 4. The van der Waals surface area contributed by atoms with Crippen LogP contribution in [-0.2, 0) is 13.5 Å². The highest BCUT2D eigenvalue weighted by Gasteiger charge is 2.35. The summed E-state index contributed by atoms with van der Waals surface area (Å²) in [4.78, 5) is 9.48. The van der Waals surface area contributed by atoms with Gasteiger partial charge in [0.05, 0.1) is 0 Å². The molecule has 4 rings (SSSR count). The van der Waals surface area contributed by atoms with Gasteiger partial charge in [0, 0.05) is 70.7 Å². The van der Waals surface area contributed by atoms with Crippen molar-refractivity contribution in [2.45, 2.75) is 24.9 Å². The van der Waals surface area contributed by atoms with Crippen LogP contribution in [0.5, 0.6) is 0 Å². The second kappa shape index (κ2) is 4.99. The summed E-state index contributed by atoms with van der Waals surface area (Å²) in [6.07, 6.45) is 5.87. The minimum Gasteiger partial charge on any atom is -0.338 e. The SMILES string of the molecule is Cn1ccnc1CCC(N)C1CN2CCN1CC2. The number of hydrogen-bond acceptors (Lipinski definition) is 4. The molecule has 0 saturated carbocycles. The minimum absolute atomic E-state index is 0.268. The molecule has 0 radical (unpaired) electrons. The van der Waals surface area contributed by atoms with Crippen LogP contribution in [0.3, 0.4) is 0 Å². The summed E-state index contributed by atoms with van der Waals surface area (Å²) in [6.45, 7) is 5.99. The fourth-order valence-corrected chi connectivity index (χ4v) is 3.19. The largest absolute Gasteiger partial charge is 0.338 e. The van der Waals surface area contributed by atoms with Gasteiger partial charge in [0.15, 0.2) is 0 Å². The quantitative estimate of drug-likeness (QED) is 0.794. The van der Waals surface area contributed by atoms with Crippen molar-refractivity contribution in [2.75, 3.05) is 32.7 Å². The molecule has 2 unspecified atom stereocenters. The van der Waals surface area contributed by atoms with E-state index in [1.54, 1.807) is 0 Å². The maximum Gasteiger partial charge on any atom is 0.108 e. The lowest BCUT2D eigenvalue weighted by Gasteiger charge is -2.49. The predicted molar refractivity (Wildman–Crippen MR) is 71.3 cm³/mol. The van der Waals surface area contributed by atoms with Gasteiger partial charge in [-0.1, -0.05) is 0 Å². The van der Waals surface area contributed by atoms with Gasteiger partial charge in [0.25, 0.3) is 0 Å². The lowest BCUT2D eigenvalue weighted by Crippen LogP contribution is -2.65. The lowest BCUT2D eigenvalue weighted by atomic mass is 9.97. The lowest BCUT2D eigenvalue weighted by molar-refractivity contribution is 0.00140. The van der Waals surface area contributed by atoms with E-state index in [1.165, 1.54) is 26.2 Å². The van der Waals surface area contributed by atoms with E-state index in [1.807, 2.05) is 19.4 Å². The van der Waals surface area contributed by atoms with Gasteiger partial charge in [-0.05, 0) is 6.42 Å². The molecule has 100 valence electrons. The highest BCUT2D eigenvalue weighted by atomic mass is 15.3. The minimum atomic E-state index is 0.268. The fourth-order valence-electron chi connectivity index (χ4n) is 3.19. The third-order valence-electron chi connectivity index (χ3n) is 4.44. The highest BCUT2D eigenvalue weighted by Crippen LogP contribution is 2.19. The molecule has 3 fully saturated rings. The first-order valence-electron chi connectivity index (χ1n) is 6.92. The Morgan fingerprint density at radius 3 is 2.72 bits per heavy atom. The molecule has 3 aliphatic heterocycles. The zero-order chi connectivity index (χ0) is 12.5. The molecule has 3 aliphatic rings. The fraction of sp³-hybridized carbons (Fsp3) is 0.769. The number of piperazine rings is 3. The molecule has 18 heavy (non-hydrogen) atoms. The van der Waals surface area contributed by atoms with E-state index in [9.17, 15) is 0 Å². The topological polar surface area (TPSA) is 50.3 Å². The average Bonchev–Trinajstić information content (AvgIpc) is 2.83. The monoisotopic (exact) mass is 249 g/mol. The van der Waals surface area contributed by atoms with E-state index in [0.29, 0.717) is 6.04 Å². The Bertz CT molecular complexity index is 394. The molecule has 3 saturated heterocycles. The van der Waals surface area contributed by atoms with E-state index >= 15 is 0 Å². The number of aryl methyl sites for hydroxylation is 2. The van der Waals surface area contributed by atoms with Crippen molar-refractivity contribution in [3.05, 3.63) is 18.2 Å². The summed E-state index contributed by atoms with van der Waals surface area (Å²) < 4.78 is 2.09. The first-order chi connectivity index (χ1) is 8.74. The van der Waals surface area contributed by atoms with Crippen LogP contribution in [0.25, 0.3) is 0 Å². The second-order valence-corrected chi connectivity index (χ2v) is 5.56. The Balaban J connectivity index is 1.55. The van der Waals surface area contributed by atoms with Gasteiger partial charge in [0.1, 0.15) is 5.82 Å². The zero-order valence-electron chi connectivity index (χ0n) is 11.1. The van der Waals surface area contributed by atoms with E-state index in [4.69, 9.17) is 5.73 Å². The summed E-state index contributed by atoms with van der Waals surface area (Å²) >= 11 is 0.